The van der Waals surface area contributed by atoms with Crippen LogP contribution in [-0.4, -0.2) is 20.5 Å². The Morgan fingerprint density at radius 1 is 1.33 bits per heavy atom. The first-order valence-corrected chi connectivity index (χ1v) is 7.91. The largest absolute Gasteiger partial charge is 0.352 e. The van der Waals surface area contributed by atoms with E-state index in [2.05, 4.69) is 15.4 Å². The third-order valence-corrected chi connectivity index (χ3v) is 4.15. The van der Waals surface area contributed by atoms with E-state index >= 15 is 0 Å². The second-order valence-corrected chi connectivity index (χ2v) is 6.10. The first kappa shape index (κ1) is 16.3. The van der Waals surface area contributed by atoms with E-state index in [1.165, 1.54) is 6.07 Å². The van der Waals surface area contributed by atoms with Gasteiger partial charge in [-0.1, -0.05) is 23.7 Å². The van der Waals surface area contributed by atoms with Crippen molar-refractivity contribution in [3.8, 4) is 0 Å². The highest BCUT2D eigenvalue weighted by molar-refractivity contribution is 6.30. The molecular weight excluding hydrogens is 328 g/mol. The zero-order valence-electron chi connectivity index (χ0n) is 13.4. The number of aromatic amines is 1. The van der Waals surface area contributed by atoms with Gasteiger partial charge >= 0.3 is 0 Å². The zero-order chi connectivity index (χ0) is 17.3. The fourth-order valence-electron chi connectivity index (χ4n) is 2.69. The average Bonchev–Trinajstić information content (AvgIpc) is 2.87. The van der Waals surface area contributed by atoms with Crippen molar-refractivity contribution in [1.29, 1.82) is 0 Å². The van der Waals surface area contributed by atoms with Gasteiger partial charge in [0.05, 0.1) is 6.42 Å². The van der Waals surface area contributed by atoms with Gasteiger partial charge in [0.1, 0.15) is 0 Å². The fourth-order valence-corrected chi connectivity index (χ4v) is 2.91. The molecule has 0 aliphatic rings. The molecule has 0 fully saturated rings. The number of nitrogens with zero attached hydrogens (tertiary/aromatic N) is 2. The number of carbonyl (C=O) groups excluding carboxylic acids is 1. The topological polar surface area (TPSA) is 79.3 Å². The van der Waals surface area contributed by atoms with Gasteiger partial charge in [0.15, 0.2) is 5.65 Å². The van der Waals surface area contributed by atoms with Crippen molar-refractivity contribution in [3.05, 3.63) is 68.2 Å². The van der Waals surface area contributed by atoms with Crippen LogP contribution in [0, 0.1) is 13.8 Å². The number of rotatable bonds is 4. The highest BCUT2D eigenvalue weighted by Gasteiger charge is 2.12. The van der Waals surface area contributed by atoms with E-state index in [0.717, 1.165) is 22.5 Å². The minimum absolute atomic E-state index is 0.0998. The minimum atomic E-state index is -0.202. The molecule has 7 heteroatoms. The molecular formula is C17H17ClN4O2. The zero-order valence-corrected chi connectivity index (χ0v) is 14.1. The van der Waals surface area contributed by atoms with Crippen molar-refractivity contribution in [3.63, 3.8) is 0 Å². The van der Waals surface area contributed by atoms with Crippen molar-refractivity contribution in [1.82, 2.24) is 19.9 Å². The predicted octanol–water partition coefficient (Wildman–Crippen LogP) is 2.15. The lowest BCUT2D eigenvalue weighted by molar-refractivity contribution is -0.120. The van der Waals surface area contributed by atoms with Gasteiger partial charge in [-0.2, -0.15) is 0 Å². The lowest BCUT2D eigenvalue weighted by atomic mass is 10.1. The van der Waals surface area contributed by atoms with Crippen molar-refractivity contribution in [2.24, 2.45) is 0 Å². The maximum Gasteiger partial charge on any atom is 0.266 e. The molecule has 124 valence electrons. The molecule has 2 N–H and O–H groups in total. The number of fused-ring (bicyclic) bond motifs is 1. The van der Waals surface area contributed by atoms with Gasteiger partial charge in [-0.15, -0.1) is 0 Å². The number of halogens is 1. The van der Waals surface area contributed by atoms with Gasteiger partial charge in [-0.3, -0.25) is 14.7 Å². The van der Waals surface area contributed by atoms with Crippen molar-refractivity contribution >= 4 is 23.2 Å². The second-order valence-electron chi connectivity index (χ2n) is 5.66. The number of carbonyl (C=O) groups is 1. The maximum absolute atomic E-state index is 12.1. The summed E-state index contributed by atoms with van der Waals surface area (Å²) in [7, 11) is 0. The summed E-state index contributed by atoms with van der Waals surface area (Å²) in [5, 5.41) is 6.20. The first-order valence-electron chi connectivity index (χ1n) is 7.53. The van der Waals surface area contributed by atoms with E-state index in [1.807, 2.05) is 26.0 Å². The molecule has 2 aromatic heterocycles. The molecule has 0 radical (unpaired) electrons. The summed E-state index contributed by atoms with van der Waals surface area (Å²) < 4.78 is 1.63. The number of benzene rings is 1. The Morgan fingerprint density at radius 3 is 2.88 bits per heavy atom. The normalized spacial score (nSPS) is 11.0. The molecule has 0 saturated heterocycles. The average molecular weight is 345 g/mol. The van der Waals surface area contributed by atoms with Gasteiger partial charge in [-0.05, 0) is 31.5 Å². The molecule has 1 aromatic carbocycles. The summed E-state index contributed by atoms with van der Waals surface area (Å²) in [5.41, 5.74) is 3.75. The first-order chi connectivity index (χ1) is 11.4. The Balaban J connectivity index is 1.75. The van der Waals surface area contributed by atoms with Gasteiger partial charge < -0.3 is 5.32 Å². The van der Waals surface area contributed by atoms with Crippen LogP contribution in [0.4, 0.5) is 0 Å². The van der Waals surface area contributed by atoms with Gasteiger partial charge in [0.25, 0.3) is 5.56 Å². The van der Waals surface area contributed by atoms with Crippen molar-refractivity contribution in [2.75, 3.05) is 0 Å². The third-order valence-electron chi connectivity index (χ3n) is 3.92. The van der Waals surface area contributed by atoms with Crippen LogP contribution >= 0.6 is 11.6 Å². The van der Waals surface area contributed by atoms with Gasteiger partial charge in [0.2, 0.25) is 5.91 Å². The van der Waals surface area contributed by atoms with Crippen LogP contribution in [-0.2, 0) is 17.8 Å². The minimum Gasteiger partial charge on any atom is -0.352 e. The summed E-state index contributed by atoms with van der Waals surface area (Å²) in [5.74, 6) is -0.0998. The Labute approximate surface area is 143 Å². The number of H-pyrrole nitrogens is 1. The lowest BCUT2D eigenvalue weighted by Gasteiger charge is -2.12. The third kappa shape index (κ3) is 3.33. The molecule has 1 amide bonds. The summed E-state index contributed by atoms with van der Waals surface area (Å²) >= 11 is 5.93. The Hall–Kier alpha value is -2.60. The summed E-state index contributed by atoms with van der Waals surface area (Å²) in [6.07, 6.45) is 0.259. The summed E-state index contributed by atoms with van der Waals surface area (Å²) in [6, 6.07) is 8.67. The van der Waals surface area contributed by atoms with Crippen LogP contribution in [0.5, 0.6) is 0 Å². The van der Waals surface area contributed by atoms with Crippen LogP contribution < -0.4 is 10.9 Å². The van der Waals surface area contributed by atoms with Crippen molar-refractivity contribution in [2.45, 2.75) is 26.8 Å². The van der Waals surface area contributed by atoms with E-state index in [-0.39, 0.29) is 17.9 Å². The van der Waals surface area contributed by atoms with E-state index in [0.29, 0.717) is 17.2 Å². The molecule has 0 aliphatic heterocycles. The van der Waals surface area contributed by atoms with Gasteiger partial charge in [-0.25, -0.2) is 9.50 Å². The second kappa shape index (κ2) is 6.49. The molecule has 24 heavy (non-hydrogen) atoms. The molecule has 2 heterocycles. The monoisotopic (exact) mass is 344 g/mol. The molecule has 0 bridgehead atoms. The molecule has 0 aliphatic carbocycles. The fraction of sp³-hybridized carbons (Fsp3) is 0.235. The Kier molecular flexibility index (Phi) is 4.40. The molecule has 0 saturated carbocycles. The Morgan fingerprint density at radius 2 is 2.12 bits per heavy atom. The number of aromatic nitrogens is 3. The lowest BCUT2D eigenvalue weighted by Crippen LogP contribution is -2.26. The maximum atomic E-state index is 12.1. The molecule has 0 unspecified atom stereocenters. The predicted molar refractivity (Wildman–Crippen MR) is 92.3 cm³/mol. The molecule has 3 rings (SSSR count). The van der Waals surface area contributed by atoms with Crippen molar-refractivity contribution < 1.29 is 4.79 Å². The van der Waals surface area contributed by atoms with Crippen LogP contribution in [0.2, 0.25) is 5.02 Å². The van der Waals surface area contributed by atoms with E-state index in [9.17, 15) is 9.59 Å². The number of hydrogen-bond donors (Lipinski definition) is 2. The number of amides is 1. The van der Waals surface area contributed by atoms with Crippen LogP contribution in [0.25, 0.3) is 5.65 Å². The van der Waals surface area contributed by atoms with Crippen LogP contribution in [0.15, 0.2) is 35.1 Å². The highest BCUT2D eigenvalue weighted by atomic mass is 35.5. The standard InChI is InChI=1S/C17H17ClN4O2/c1-10-14(11(2)22-15(20-10)8-17(24)21-22)9-19-16(23)7-12-4-3-5-13(18)6-12/h3-6,8H,7,9H2,1-2H3,(H,19,23)(H,21,24). The Bertz CT molecular complexity index is 974. The molecule has 0 atom stereocenters. The molecule has 0 spiro atoms. The van der Waals surface area contributed by atoms with E-state index in [4.69, 9.17) is 11.6 Å². The summed E-state index contributed by atoms with van der Waals surface area (Å²) in [6.45, 7) is 4.10. The van der Waals surface area contributed by atoms with Crippen LogP contribution in [0.1, 0.15) is 22.5 Å². The van der Waals surface area contributed by atoms with E-state index < -0.39 is 0 Å². The number of nitrogens with one attached hydrogen (secondary N) is 2. The van der Waals surface area contributed by atoms with E-state index in [1.54, 1.807) is 16.6 Å². The quantitative estimate of drug-likeness (QED) is 0.761. The van der Waals surface area contributed by atoms with Gasteiger partial charge in [0, 0.05) is 34.6 Å². The van der Waals surface area contributed by atoms with Crippen LogP contribution in [0.3, 0.4) is 0 Å². The molecule has 3 aromatic rings. The smallest absolute Gasteiger partial charge is 0.266 e. The highest BCUT2D eigenvalue weighted by Crippen LogP contribution is 2.14. The number of hydrogen-bond acceptors (Lipinski definition) is 3. The number of aryl methyl sites for hydroxylation is 2. The molecule has 6 nitrogen and oxygen atoms in total. The SMILES string of the molecule is Cc1nc2cc(=O)[nH]n2c(C)c1CNC(=O)Cc1cccc(Cl)c1. The summed E-state index contributed by atoms with van der Waals surface area (Å²) in [4.78, 5) is 28.0.